The van der Waals surface area contributed by atoms with Gasteiger partial charge < -0.3 is 4.90 Å². The van der Waals surface area contributed by atoms with Crippen LogP contribution in [0.5, 0.6) is 0 Å². The summed E-state index contributed by atoms with van der Waals surface area (Å²) in [4.78, 5) is 14.8. The number of unbranched alkanes of at least 4 members (excludes halogenated alkanes) is 1. The molecule has 1 unspecified atom stereocenters. The molecule has 24 heavy (non-hydrogen) atoms. The van der Waals surface area contributed by atoms with E-state index >= 15 is 0 Å². The lowest BCUT2D eigenvalue weighted by atomic mass is 10.1. The molecule has 0 aliphatic rings. The van der Waals surface area contributed by atoms with Crippen LogP contribution in [0.3, 0.4) is 0 Å². The molecule has 136 valence electrons. The van der Waals surface area contributed by atoms with Crippen LogP contribution in [0.2, 0.25) is 5.02 Å². The molecule has 0 radical (unpaired) electrons. The molecule has 0 spiro atoms. The maximum absolute atomic E-state index is 13.0. The third-order valence-corrected chi connectivity index (χ3v) is 6.22. The van der Waals surface area contributed by atoms with Crippen molar-refractivity contribution in [2.45, 2.75) is 51.0 Å². The van der Waals surface area contributed by atoms with Crippen molar-refractivity contribution in [2.24, 2.45) is 0 Å². The number of amides is 1. The second kappa shape index (κ2) is 8.83. The minimum Gasteiger partial charge on any atom is -0.336 e. The quantitative estimate of drug-likeness (QED) is 0.698. The molecule has 0 fully saturated rings. The molecule has 1 aromatic carbocycles. The maximum atomic E-state index is 13.0. The summed E-state index contributed by atoms with van der Waals surface area (Å²) in [6, 6.07) is 4.34. The van der Waals surface area contributed by atoms with Crippen LogP contribution in [0.1, 0.15) is 50.4 Å². The molecule has 1 amide bonds. The van der Waals surface area contributed by atoms with E-state index in [1.54, 1.807) is 4.90 Å². The monoisotopic (exact) mass is 374 g/mol. The molecule has 1 atom stereocenters. The van der Waals surface area contributed by atoms with E-state index in [1.165, 1.54) is 32.3 Å². The fourth-order valence-corrected chi connectivity index (χ4v) is 3.39. The molecule has 0 saturated carbocycles. The van der Waals surface area contributed by atoms with Gasteiger partial charge in [-0.1, -0.05) is 31.9 Å². The minimum atomic E-state index is -3.61. The highest BCUT2D eigenvalue weighted by Gasteiger charge is 2.25. The van der Waals surface area contributed by atoms with Gasteiger partial charge >= 0.3 is 0 Å². The molecular weight excluding hydrogens is 348 g/mol. The third-order valence-electron chi connectivity index (χ3n) is 4.08. The van der Waals surface area contributed by atoms with E-state index in [9.17, 15) is 13.2 Å². The molecule has 0 saturated heterocycles. The zero-order valence-electron chi connectivity index (χ0n) is 15.0. The number of carbonyl (C=O) groups is 1. The predicted molar refractivity (Wildman–Crippen MR) is 98.0 cm³/mol. The second-order valence-electron chi connectivity index (χ2n) is 6.04. The van der Waals surface area contributed by atoms with Crippen molar-refractivity contribution in [3.05, 3.63) is 28.8 Å². The van der Waals surface area contributed by atoms with Gasteiger partial charge in [0, 0.05) is 26.7 Å². The highest BCUT2D eigenvalue weighted by Crippen LogP contribution is 2.24. The standard InChI is InChI=1S/C17H27ClN2O3S/c1-6-8-11-20(13(3)7-2)17(21)15-12-14(9-10-16(15)18)24(22,23)19(4)5/h9-10,12-13H,6-8,11H2,1-5H3. The molecular formula is C17H27ClN2O3S. The third kappa shape index (κ3) is 4.71. The zero-order chi connectivity index (χ0) is 18.5. The number of hydrogen-bond acceptors (Lipinski definition) is 3. The normalized spacial score (nSPS) is 13.1. The largest absolute Gasteiger partial charge is 0.336 e. The van der Waals surface area contributed by atoms with Crippen LogP contribution < -0.4 is 0 Å². The minimum absolute atomic E-state index is 0.0641. The van der Waals surface area contributed by atoms with E-state index in [-0.39, 0.29) is 27.4 Å². The van der Waals surface area contributed by atoms with Gasteiger partial charge in [0.05, 0.1) is 15.5 Å². The first kappa shape index (κ1) is 20.9. The molecule has 7 heteroatoms. The first-order valence-corrected chi connectivity index (χ1v) is 10.0. The Balaban J connectivity index is 3.30. The molecule has 0 N–H and O–H groups in total. The summed E-state index contributed by atoms with van der Waals surface area (Å²) in [5.74, 6) is -0.224. The summed E-state index contributed by atoms with van der Waals surface area (Å²) >= 11 is 6.19. The molecule has 0 aliphatic heterocycles. The van der Waals surface area contributed by atoms with E-state index in [2.05, 4.69) is 6.92 Å². The van der Waals surface area contributed by atoms with Gasteiger partial charge in [-0.25, -0.2) is 12.7 Å². The number of carbonyl (C=O) groups excluding carboxylic acids is 1. The molecule has 0 aromatic heterocycles. The molecule has 1 aromatic rings. The Morgan fingerprint density at radius 3 is 2.38 bits per heavy atom. The molecule has 0 heterocycles. The van der Waals surface area contributed by atoms with Crippen LogP contribution in [0.25, 0.3) is 0 Å². The first-order chi connectivity index (χ1) is 11.2. The van der Waals surface area contributed by atoms with Crippen molar-refractivity contribution in [1.29, 1.82) is 0 Å². The SMILES string of the molecule is CCCCN(C(=O)c1cc(S(=O)(=O)N(C)C)ccc1Cl)C(C)CC. The van der Waals surface area contributed by atoms with E-state index in [0.29, 0.717) is 6.54 Å². The fourth-order valence-electron chi connectivity index (χ4n) is 2.27. The molecule has 0 bridgehead atoms. The number of sulfonamides is 1. The lowest BCUT2D eigenvalue weighted by Gasteiger charge is -2.29. The Bertz CT molecular complexity index is 674. The van der Waals surface area contributed by atoms with E-state index in [1.807, 2.05) is 13.8 Å². The Labute approximate surface area is 150 Å². The smallest absolute Gasteiger partial charge is 0.255 e. The van der Waals surface area contributed by atoms with Crippen molar-refractivity contribution in [2.75, 3.05) is 20.6 Å². The summed E-state index contributed by atoms with van der Waals surface area (Å²) < 4.78 is 25.7. The van der Waals surface area contributed by atoms with Gasteiger partial charge in [-0.3, -0.25) is 4.79 Å². The van der Waals surface area contributed by atoms with E-state index in [4.69, 9.17) is 11.6 Å². The number of hydrogen-bond donors (Lipinski definition) is 0. The Morgan fingerprint density at radius 2 is 1.88 bits per heavy atom. The topological polar surface area (TPSA) is 57.7 Å². The van der Waals surface area contributed by atoms with Gasteiger partial charge in [0.1, 0.15) is 0 Å². The number of rotatable bonds is 8. The van der Waals surface area contributed by atoms with Crippen molar-refractivity contribution >= 4 is 27.5 Å². The summed E-state index contributed by atoms with van der Waals surface area (Å²) in [6.07, 6.45) is 2.69. The van der Waals surface area contributed by atoms with Crippen molar-refractivity contribution in [3.63, 3.8) is 0 Å². The highest BCUT2D eigenvalue weighted by molar-refractivity contribution is 7.89. The van der Waals surface area contributed by atoms with Crippen molar-refractivity contribution in [1.82, 2.24) is 9.21 Å². The first-order valence-electron chi connectivity index (χ1n) is 8.19. The Kier molecular flexibility index (Phi) is 7.70. The molecule has 1 rings (SSSR count). The predicted octanol–water partition coefficient (Wildman–Crippen LogP) is 3.63. The summed E-state index contributed by atoms with van der Waals surface area (Å²) in [5, 5.41) is 0.266. The molecule has 0 aliphatic carbocycles. The summed E-state index contributed by atoms with van der Waals surface area (Å²) in [5.41, 5.74) is 0.232. The Hall–Kier alpha value is -1.11. The van der Waals surface area contributed by atoms with Gasteiger partial charge in [0.2, 0.25) is 10.0 Å². The average molecular weight is 375 g/mol. The maximum Gasteiger partial charge on any atom is 0.255 e. The molecule has 5 nitrogen and oxygen atoms in total. The van der Waals surface area contributed by atoms with E-state index < -0.39 is 10.0 Å². The summed E-state index contributed by atoms with van der Waals surface area (Å²) in [7, 11) is -0.701. The van der Waals surface area contributed by atoms with Crippen LogP contribution >= 0.6 is 11.6 Å². The lowest BCUT2D eigenvalue weighted by Crippen LogP contribution is -2.39. The van der Waals surface area contributed by atoms with Crippen molar-refractivity contribution in [3.8, 4) is 0 Å². The van der Waals surface area contributed by atoms with Crippen molar-refractivity contribution < 1.29 is 13.2 Å². The van der Waals surface area contributed by atoms with Crippen LogP contribution in [-0.4, -0.2) is 50.2 Å². The van der Waals surface area contributed by atoms with E-state index in [0.717, 1.165) is 23.6 Å². The zero-order valence-corrected chi connectivity index (χ0v) is 16.6. The fraction of sp³-hybridized carbons (Fsp3) is 0.588. The van der Waals surface area contributed by atoms with Crippen LogP contribution in [0.4, 0.5) is 0 Å². The van der Waals surface area contributed by atoms with Gasteiger partial charge in [-0.2, -0.15) is 0 Å². The van der Waals surface area contributed by atoms with Gasteiger partial charge in [0.25, 0.3) is 5.91 Å². The number of halogens is 1. The highest BCUT2D eigenvalue weighted by atomic mass is 35.5. The number of nitrogens with zero attached hydrogens (tertiary/aromatic N) is 2. The second-order valence-corrected chi connectivity index (χ2v) is 8.60. The van der Waals surface area contributed by atoms with Gasteiger partial charge in [-0.15, -0.1) is 0 Å². The van der Waals surface area contributed by atoms with Gasteiger partial charge in [-0.05, 0) is 38.0 Å². The Morgan fingerprint density at radius 1 is 1.25 bits per heavy atom. The summed E-state index contributed by atoms with van der Waals surface area (Å²) in [6.45, 7) is 6.70. The average Bonchev–Trinajstić information content (AvgIpc) is 2.54. The van der Waals surface area contributed by atoms with Crippen LogP contribution in [0.15, 0.2) is 23.1 Å². The van der Waals surface area contributed by atoms with Gasteiger partial charge in [0.15, 0.2) is 0 Å². The number of benzene rings is 1. The lowest BCUT2D eigenvalue weighted by molar-refractivity contribution is 0.0685. The van der Waals surface area contributed by atoms with Crippen LogP contribution in [0, 0.1) is 0 Å². The van der Waals surface area contributed by atoms with Crippen LogP contribution in [-0.2, 0) is 10.0 Å².